The van der Waals surface area contributed by atoms with Gasteiger partial charge in [-0.2, -0.15) is 0 Å². The molecule has 0 radical (unpaired) electrons. The Labute approximate surface area is 115 Å². The van der Waals surface area contributed by atoms with E-state index >= 15 is 0 Å². The predicted molar refractivity (Wildman–Crippen MR) is 77.6 cm³/mol. The summed E-state index contributed by atoms with van der Waals surface area (Å²) in [7, 11) is 1.88. The van der Waals surface area contributed by atoms with E-state index in [2.05, 4.69) is 27.1 Å². The van der Waals surface area contributed by atoms with Crippen molar-refractivity contribution in [3.63, 3.8) is 0 Å². The number of anilines is 2. The average molecular weight is 264 g/mol. The van der Waals surface area contributed by atoms with E-state index in [1.165, 1.54) is 12.8 Å². The Balaban J connectivity index is 2.28. The van der Waals surface area contributed by atoms with E-state index in [-0.39, 0.29) is 12.6 Å². The standard InChI is InChI=1S/C14H24N4O/c1-3-6-12-16-13(15-2)9-14(17-12)18-8-5-4-7-11(18)10-19/h9,11,19H,3-8,10H2,1-2H3,(H,15,16,17). The topological polar surface area (TPSA) is 61.3 Å². The molecule has 5 nitrogen and oxygen atoms in total. The van der Waals surface area contributed by atoms with Gasteiger partial charge in [0.1, 0.15) is 17.5 Å². The van der Waals surface area contributed by atoms with Crippen molar-refractivity contribution in [3.05, 3.63) is 11.9 Å². The zero-order valence-electron chi connectivity index (χ0n) is 11.9. The Morgan fingerprint density at radius 1 is 1.42 bits per heavy atom. The lowest BCUT2D eigenvalue weighted by atomic mass is 10.0. The van der Waals surface area contributed by atoms with E-state index in [0.29, 0.717) is 0 Å². The van der Waals surface area contributed by atoms with Gasteiger partial charge in [-0.25, -0.2) is 9.97 Å². The molecule has 1 unspecified atom stereocenters. The van der Waals surface area contributed by atoms with Crippen LogP contribution in [-0.2, 0) is 6.42 Å². The molecule has 2 heterocycles. The zero-order valence-corrected chi connectivity index (χ0v) is 11.9. The van der Waals surface area contributed by atoms with Crippen LogP contribution in [-0.4, -0.2) is 41.3 Å². The smallest absolute Gasteiger partial charge is 0.134 e. The number of hydrogen-bond acceptors (Lipinski definition) is 5. The van der Waals surface area contributed by atoms with E-state index in [9.17, 15) is 5.11 Å². The molecule has 1 atom stereocenters. The van der Waals surface area contributed by atoms with E-state index < -0.39 is 0 Å². The lowest BCUT2D eigenvalue weighted by Gasteiger charge is -2.35. The summed E-state index contributed by atoms with van der Waals surface area (Å²) >= 11 is 0. The Kier molecular flexibility index (Phi) is 4.96. The maximum Gasteiger partial charge on any atom is 0.134 e. The largest absolute Gasteiger partial charge is 0.394 e. The summed E-state index contributed by atoms with van der Waals surface area (Å²) in [6.45, 7) is 3.30. The molecule has 0 aromatic carbocycles. The molecule has 0 aliphatic carbocycles. The molecule has 1 aliphatic heterocycles. The van der Waals surface area contributed by atoms with E-state index in [0.717, 1.165) is 43.3 Å². The number of piperidine rings is 1. The number of nitrogens with zero attached hydrogens (tertiary/aromatic N) is 3. The molecule has 1 aromatic heterocycles. The molecule has 106 valence electrons. The van der Waals surface area contributed by atoms with Crippen molar-refractivity contribution in [2.24, 2.45) is 0 Å². The maximum atomic E-state index is 9.52. The lowest BCUT2D eigenvalue weighted by molar-refractivity contribution is 0.239. The van der Waals surface area contributed by atoms with Crippen LogP contribution in [0.25, 0.3) is 0 Å². The van der Waals surface area contributed by atoms with Gasteiger partial charge in [0.15, 0.2) is 0 Å². The highest BCUT2D eigenvalue weighted by Gasteiger charge is 2.23. The first-order valence-electron chi connectivity index (χ1n) is 7.21. The second-order valence-corrected chi connectivity index (χ2v) is 5.05. The van der Waals surface area contributed by atoms with Gasteiger partial charge in [0.05, 0.1) is 12.6 Å². The quantitative estimate of drug-likeness (QED) is 0.849. The van der Waals surface area contributed by atoms with Crippen molar-refractivity contribution in [1.29, 1.82) is 0 Å². The average Bonchev–Trinajstić information content (AvgIpc) is 2.47. The van der Waals surface area contributed by atoms with Crippen LogP contribution in [0.1, 0.15) is 38.4 Å². The zero-order chi connectivity index (χ0) is 13.7. The van der Waals surface area contributed by atoms with E-state index in [1.807, 2.05) is 13.1 Å². The molecular weight excluding hydrogens is 240 g/mol. The summed E-state index contributed by atoms with van der Waals surface area (Å²) in [5.41, 5.74) is 0. The van der Waals surface area contributed by atoms with Gasteiger partial charge in [-0.05, 0) is 25.7 Å². The first-order valence-corrected chi connectivity index (χ1v) is 7.21. The molecule has 1 aromatic rings. The van der Waals surface area contributed by atoms with Crippen LogP contribution in [0.5, 0.6) is 0 Å². The Morgan fingerprint density at radius 2 is 2.26 bits per heavy atom. The predicted octanol–water partition coefficient (Wildman–Crippen LogP) is 1.82. The molecule has 1 saturated heterocycles. The summed E-state index contributed by atoms with van der Waals surface area (Å²) in [5, 5.41) is 12.6. The molecule has 0 spiro atoms. The highest BCUT2D eigenvalue weighted by Crippen LogP contribution is 2.24. The maximum absolute atomic E-state index is 9.52. The van der Waals surface area contributed by atoms with Crippen LogP contribution >= 0.6 is 0 Å². The molecule has 2 rings (SSSR count). The van der Waals surface area contributed by atoms with Gasteiger partial charge in [0.25, 0.3) is 0 Å². The monoisotopic (exact) mass is 264 g/mol. The Hall–Kier alpha value is -1.36. The number of aliphatic hydroxyl groups is 1. The fraction of sp³-hybridized carbons (Fsp3) is 0.714. The van der Waals surface area contributed by atoms with E-state index in [4.69, 9.17) is 0 Å². The fourth-order valence-electron chi connectivity index (χ4n) is 2.59. The normalized spacial score (nSPS) is 19.5. The summed E-state index contributed by atoms with van der Waals surface area (Å²) in [6.07, 6.45) is 5.32. The third kappa shape index (κ3) is 3.35. The van der Waals surface area contributed by atoms with Crippen LogP contribution in [0.3, 0.4) is 0 Å². The first kappa shape index (κ1) is 14.1. The van der Waals surface area contributed by atoms with Gasteiger partial charge >= 0.3 is 0 Å². The van der Waals surface area contributed by atoms with Crippen molar-refractivity contribution in [2.45, 2.75) is 45.1 Å². The van der Waals surface area contributed by atoms with Crippen molar-refractivity contribution in [3.8, 4) is 0 Å². The molecule has 1 fully saturated rings. The number of aliphatic hydroxyl groups excluding tert-OH is 1. The number of aryl methyl sites for hydroxylation is 1. The second kappa shape index (κ2) is 6.70. The molecule has 0 bridgehead atoms. The lowest BCUT2D eigenvalue weighted by Crippen LogP contribution is -2.42. The third-order valence-corrected chi connectivity index (χ3v) is 3.62. The molecule has 5 heteroatoms. The molecule has 19 heavy (non-hydrogen) atoms. The minimum absolute atomic E-state index is 0.196. The van der Waals surface area contributed by atoms with Gasteiger partial charge in [-0.1, -0.05) is 6.92 Å². The highest BCUT2D eigenvalue weighted by molar-refractivity contribution is 5.50. The number of aromatic nitrogens is 2. The highest BCUT2D eigenvalue weighted by atomic mass is 16.3. The summed E-state index contributed by atoms with van der Waals surface area (Å²) in [4.78, 5) is 11.4. The molecular formula is C14H24N4O. The van der Waals surface area contributed by atoms with Crippen LogP contribution in [0, 0.1) is 0 Å². The van der Waals surface area contributed by atoms with Crippen LogP contribution < -0.4 is 10.2 Å². The number of rotatable bonds is 5. The van der Waals surface area contributed by atoms with Crippen LogP contribution in [0.15, 0.2) is 6.07 Å². The fourth-order valence-corrected chi connectivity index (χ4v) is 2.59. The Morgan fingerprint density at radius 3 is 2.95 bits per heavy atom. The summed E-state index contributed by atoms with van der Waals surface area (Å²) < 4.78 is 0. The molecule has 1 aliphatic rings. The molecule has 0 amide bonds. The SMILES string of the molecule is CCCc1nc(NC)cc(N2CCCCC2CO)n1. The third-order valence-electron chi connectivity index (χ3n) is 3.62. The van der Waals surface area contributed by atoms with Crippen LogP contribution in [0.4, 0.5) is 11.6 Å². The van der Waals surface area contributed by atoms with Gasteiger partial charge in [0.2, 0.25) is 0 Å². The minimum atomic E-state index is 0.196. The van der Waals surface area contributed by atoms with Crippen LogP contribution in [0.2, 0.25) is 0 Å². The number of nitrogens with one attached hydrogen (secondary N) is 1. The van der Waals surface area contributed by atoms with Gasteiger partial charge in [-0.3, -0.25) is 0 Å². The van der Waals surface area contributed by atoms with Crippen molar-refractivity contribution in [2.75, 3.05) is 30.4 Å². The van der Waals surface area contributed by atoms with Crippen molar-refractivity contribution in [1.82, 2.24) is 9.97 Å². The van der Waals surface area contributed by atoms with Crippen molar-refractivity contribution < 1.29 is 5.11 Å². The first-order chi connectivity index (χ1) is 9.28. The minimum Gasteiger partial charge on any atom is -0.394 e. The summed E-state index contributed by atoms with van der Waals surface area (Å²) in [5.74, 6) is 2.68. The van der Waals surface area contributed by atoms with Crippen molar-refractivity contribution >= 4 is 11.6 Å². The Bertz CT molecular complexity index is 410. The van der Waals surface area contributed by atoms with Gasteiger partial charge < -0.3 is 15.3 Å². The number of hydrogen-bond donors (Lipinski definition) is 2. The molecule has 0 saturated carbocycles. The van der Waals surface area contributed by atoms with Gasteiger partial charge in [-0.15, -0.1) is 0 Å². The second-order valence-electron chi connectivity index (χ2n) is 5.05. The summed E-state index contributed by atoms with van der Waals surface area (Å²) in [6, 6.07) is 2.18. The molecule has 2 N–H and O–H groups in total. The van der Waals surface area contributed by atoms with E-state index in [1.54, 1.807) is 0 Å². The van der Waals surface area contributed by atoms with Gasteiger partial charge in [0, 0.05) is 26.1 Å².